The second-order valence-corrected chi connectivity index (χ2v) is 3.52. The summed E-state index contributed by atoms with van der Waals surface area (Å²) in [5.41, 5.74) is 0. The second kappa shape index (κ2) is 5.11. The number of hydrogen-bond donors (Lipinski definition) is 1. The Kier molecular flexibility index (Phi) is 4.47. The minimum absolute atomic E-state index is 0.0657. The van der Waals surface area contributed by atoms with E-state index < -0.39 is 23.6 Å². The van der Waals surface area contributed by atoms with Crippen LogP contribution >= 0.6 is 0 Å². The zero-order chi connectivity index (χ0) is 12.1. The maximum atomic E-state index is 10.4. The zero-order valence-corrected chi connectivity index (χ0v) is 8.41. The molecule has 8 heteroatoms. The SMILES string of the molecule is C[N+](C)(C#N)CC(CC(=O)O)O[N+](=O)[O-]. The number of likely N-dealkylation sites (N-methyl/N-ethyl adjacent to an activating group) is 1. The van der Waals surface area contributed by atoms with E-state index >= 15 is 0 Å². The van der Waals surface area contributed by atoms with Gasteiger partial charge in [0.05, 0.1) is 20.5 Å². The molecule has 0 rings (SSSR count). The van der Waals surface area contributed by atoms with Gasteiger partial charge in [-0.2, -0.15) is 0 Å². The Balaban J connectivity index is 4.44. The molecule has 0 aromatic heterocycles. The molecule has 1 unspecified atom stereocenters. The van der Waals surface area contributed by atoms with Crippen molar-refractivity contribution in [2.45, 2.75) is 12.5 Å². The maximum Gasteiger partial charge on any atom is 0.308 e. The van der Waals surface area contributed by atoms with Crippen molar-refractivity contribution in [3.63, 3.8) is 0 Å². The summed E-state index contributed by atoms with van der Waals surface area (Å²) in [6, 6.07) is 0. The van der Waals surface area contributed by atoms with Crippen LogP contribution in [0.15, 0.2) is 0 Å². The Bertz CT molecular complexity index is 279. The van der Waals surface area contributed by atoms with Crippen molar-refractivity contribution < 1.29 is 24.3 Å². The van der Waals surface area contributed by atoms with E-state index in [1.165, 1.54) is 14.1 Å². The monoisotopic (exact) mass is 218 g/mol. The molecule has 84 valence electrons. The van der Waals surface area contributed by atoms with E-state index in [9.17, 15) is 14.9 Å². The van der Waals surface area contributed by atoms with Gasteiger partial charge >= 0.3 is 12.2 Å². The molecule has 1 atom stereocenters. The average molecular weight is 218 g/mol. The van der Waals surface area contributed by atoms with Gasteiger partial charge in [-0.05, 0) is 0 Å². The van der Waals surface area contributed by atoms with E-state index in [2.05, 4.69) is 4.84 Å². The number of nitrogens with zero attached hydrogens (tertiary/aromatic N) is 3. The third-order valence-corrected chi connectivity index (χ3v) is 1.57. The Morgan fingerprint density at radius 1 is 1.73 bits per heavy atom. The van der Waals surface area contributed by atoms with Crippen LogP contribution < -0.4 is 0 Å². The summed E-state index contributed by atoms with van der Waals surface area (Å²) >= 11 is 0. The Morgan fingerprint density at radius 3 is 2.60 bits per heavy atom. The van der Waals surface area contributed by atoms with Gasteiger partial charge in [-0.3, -0.25) is 4.79 Å². The van der Waals surface area contributed by atoms with Crippen molar-refractivity contribution in [3.05, 3.63) is 10.1 Å². The number of carboxylic acid groups (broad SMARTS) is 1. The molecule has 0 bridgehead atoms. The number of carbonyl (C=O) groups is 1. The Morgan fingerprint density at radius 2 is 2.27 bits per heavy atom. The molecule has 1 N–H and O–H groups in total. The van der Waals surface area contributed by atoms with Crippen LogP contribution in [0.5, 0.6) is 0 Å². The van der Waals surface area contributed by atoms with Gasteiger partial charge < -0.3 is 9.94 Å². The molecule has 0 saturated heterocycles. The molecule has 0 aromatic rings. The fourth-order valence-corrected chi connectivity index (χ4v) is 1.00. The number of nitriles is 1. The van der Waals surface area contributed by atoms with Gasteiger partial charge in [0.2, 0.25) is 0 Å². The number of carboxylic acids is 1. The van der Waals surface area contributed by atoms with Gasteiger partial charge in [0.1, 0.15) is 6.54 Å². The van der Waals surface area contributed by atoms with E-state index in [0.29, 0.717) is 0 Å². The second-order valence-electron chi connectivity index (χ2n) is 3.52. The lowest BCUT2D eigenvalue weighted by Crippen LogP contribution is -2.43. The summed E-state index contributed by atoms with van der Waals surface area (Å²) in [6.45, 7) is -0.0657. The van der Waals surface area contributed by atoms with Crippen molar-refractivity contribution in [1.29, 1.82) is 5.26 Å². The van der Waals surface area contributed by atoms with Crippen LogP contribution in [0, 0.1) is 21.6 Å². The predicted molar refractivity (Wildman–Crippen MR) is 46.7 cm³/mol. The van der Waals surface area contributed by atoms with Crippen LogP contribution in [0.25, 0.3) is 0 Å². The van der Waals surface area contributed by atoms with Crippen molar-refractivity contribution in [2.75, 3.05) is 20.6 Å². The maximum absolute atomic E-state index is 10.4. The van der Waals surface area contributed by atoms with Crippen molar-refractivity contribution in [2.24, 2.45) is 0 Å². The summed E-state index contributed by atoms with van der Waals surface area (Å²) < 4.78 is -0.216. The average Bonchev–Trinajstić information content (AvgIpc) is 2.00. The first-order valence-corrected chi connectivity index (χ1v) is 4.04. The van der Waals surface area contributed by atoms with Gasteiger partial charge in [0.15, 0.2) is 6.10 Å². The first-order valence-electron chi connectivity index (χ1n) is 4.04. The number of aliphatic carboxylic acids is 1. The molecule has 0 spiro atoms. The number of hydrogen-bond acceptors (Lipinski definition) is 5. The van der Waals surface area contributed by atoms with E-state index in [1.807, 2.05) is 6.19 Å². The van der Waals surface area contributed by atoms with E-state index in [-0.39, 0.29) is 11.0 Å². The van der Waals surface area contributed by atoms with E-state index in [0.717, 1.165) is 0 Å². The van der Waals surface area contributed by atoms with Crippen LogP contribution in [0.3, 0.4) is 0 Å². The lowest BCUT2D eigenvalue weighted by Gasteiger charge is -2.22. The first-order chi connectivity index (χ1) is 6.76. The number of quaternary nitrogens is 1. The molecule has 0 radical (unpaired) electrons. The van der Waals surface area contributed by atoms with Gasteiger partial charge in [0.25, 0.3) is 5.09 Å². The fraction of sp³-hybridized carbons (Fsp3) is 0.714. The summed E-state index contributed by atoms with van der Waals surface area (Å²) in [7, 11) is 3.00. The lowest BCUT2D eigenvalue weighted by molar-refractivity contribution is -0.847. The summed E-state index contributed by atoms with van der Waals surface area (Å²) in [5, 5.41) is 26.1. The van der Waals surface area contributed by atoms with E-state index in [4.69, 9.17) is 10.4 Å². The Labute approximate surface area is 86.0 Å². The highest BCUT2D eigenvalue weighted by Crippen LogP contribution is 2.06. The third kappa shape index (κ3) is 6.23. The van der Waals surface area contributed by atoms with Crippen LogP contribution in [0.4, 0.5) is 0 Å². The van der Waals surface area contributed by atoms with Crippen molar-refractivity contribution >= 4 is 5.97 Å². The molecule has 0 heterocycles. The molecule has 0 fully saturated rings. The molecule has 0 amide bonds. The standard InChI is InChI=1S/C7H11N3O5/c1-10(2,5-8)4-6(3-7(11)12)15-9(13)14/h6H,3-4H2,1-2H3/p+1. The molecular weight excluding hydrogens is 206 g/mol. The van der Waals surface area contributed by atoms with Gasteiger partial charge in [-0.15, -0.1) is 15.4 Å². The topological polar surface area (TPSA) is 113 Å². The summed E-state index contributed by atoms with van der Waals surface area (Å²) in [6.07, 6.45) is 0.232. The molecular formula is C7H12N3O5+. The summed E-state index contributed by atoms with van der Waals surface area (Å²) in [5.74, 6) is -1.21. The number of rotatable bonds is 6. The highest BCUT2D eigenvalue weighted by Gasteiger charge is 2.27. The smallest absolute Gasteiger partial charge is 0.308 e. The highest BCUT2D eigenvalue weighted by molar-refractivity contribution is 5.67. The van der Waals surface area contributed by atoms with Gasteiger partial charge in [0, 0.05) is 0 Å². The molecule has 15 heavy (non-hydrogen) atoms. The van der Waals surface area contributed by atoms with Crippen LogP contribution in [0.1, 0.15) is 6.42 Å². The third-order valence-electron chi connectivity index (χ3n) is 1.57. The molecule has 0 aliphatic carbocycles. The van der Waals surface area contributed by atoms with Crippen molar-refractivity contribution in [1.82, 2.24) is 0 Å². The van der Waals surface area contributed by atoms with Crippen LogP contribution in [-0.2, 0) is 9.63 Å². The van der Waals surface area contributed by atoms with Gasteiger partial charge in [-0.25, -0.2) is 4.48 Å². The highest BCUT2D eigenvalue weighted by atomic mass is 17.0. The summed E-state index contributed by atoms with van der Waals surface area (Å²) in [4.78, 5) is 24.6. The first kappa shape index (κ1) is 13.1. The molecule has 0 saturated carbocycles. The zero-order valence-electron chi connectivity index (χ0n) is 8.41. The molecule has 0 aliphatic heterocycles. The minimum Gasteiger partial charge on any atom is -0.481 e. The minimum atomic E-state index is -1.21. The molecule has 0 aromatic carbocycles. The predicted octanol–water partition coefficient (Wildman–Crippen LogP) is -0.405. The van der Waals surface area contributed by atoms with Gasteiger partial charge in [-0.1, -0.05) is 0 Å². The van der Waals surface area contributed by atoms with Crippen LogP contribution in [-0.4, -0.2) is 47.4 Å². The quantitative estimate of drug-likeness (QED) is 0.280. The Hall–Kier alpha value is -1.88. The molecule has 8 nitrogen and oxygen atoms in total. The normalized spacial score (nSPS) is 12.6. The largest absolute Gasteiger partial charge is 0.481 e. The molecule has 0 aliphatic rings. The van der Waals surface area contributed by atoms with Crippen molar-refractivity contribution in [3.8, 4) is 6.19 Å². The van der Waals surface area contributed by atoms with Crippen LogP contribution in [0.2, 0.25) is 0 Å². The lowest BCUT2D eigenvalue weighted by atomic mass is 10.2. The van der Waals surface area contributed by atoms with E-state index in [1.54, 1.807) is 0 Å². The fourth-order valence-electron chi connectivity index (χ4n) is 1.00.